The lowest BCUT2D eigenvalue weighted by molar-refractivity contribution is -0.143. The summed E-state index contributed by atoms with van der Waals surface area (Å²) < 4.78 is 37.9. The molecule has 1 aliphatic carbocycles. The van der Waals surface area contributed by atoms with Crippen molar-refractivity contribution in [2.24, 2.45) is 5.92 Å². The lowest BCUT2D eigenvalue weighted by atomic mass is 9.84. The third-order valence-electron chi connectivity index (χ3n) is 5.15. The van der Waals surface area contributed by atoms with Gasteiger partial charge in [0.25, 0.3) is 0 Å². The summed E-state index contributed by atoms with van der Waals surface area (Å²) in [6.45, 7) is 0.399. The molecule has 1 aliphatic heterocycles. The smallest absolute Gasteiger partial charge is 0.416 e. The molecule has 0 radical (unpaired) electrons. The number of nitrogens with zero attached hydrogens (tertiary/aromatic N) is 1. The Kier molecular flexibility index (Phi) is 4.36. The van der Waals surface area contributed by atoms with Crippen LogP contribution in [0.1, 0.15) is 43.2 Å². The highest BCUT2D eigenvalue weighted by atomic mass is 19.4. The lowest BCUT2D eigenvalue weighted by Gasteiger charge is -2.33. The first-order chi connectivity index (χ1) is 10.9. The van der Waals surface area contributed by atoms with E-state index < -0.39 is 23.8 Å². The van der Waals surface area contributed by atoms with E-state index in [0.29, 0.717) is 18.9 Å². The van der Waals surface area contributed by atoms with E-state index in [-0.39, 0.29) is 6.04 Å². The van der Waals surface area contributed by atoms with Gasteiger partial charge in [0.15, 0.2) is 0 Å². The van der Waals surface area contributed by atoms with Gasteiger partial charge in [-0.05, 0) is 42.9 Å². The van der Waals surface area contributed by atoms with E-state index in [2.05, 4.69) is 0 Å². The molecule has 1 saturated heterocycles. The van der Waals surface area contributed by atoms with Gasteiger partial charge in [-0.2, -0.15) is 13.2 Å². The standard InChI is InChI=1S/C17H20F3NO2/c18-17(19,20)13-7-5-11(6-8-13)10-21-14-4-2-1-3-12(14)9-15(21)16(22)23/h5-8,12,14-15H,1-4,9-10H2,(H,22,23). The Morgan fingerprint density at radius 2 is 1.83 bits per heavy atom. The van der Waals surface area contributed by atoms with E-state index in [1.165, 1.54) is 12.1 Å². The van der Waals surface area contributed by atoms with Gasteiger partial charge in [0, 0.05) is 12.6 Å². The van der Waals surface area contributed by atoms with Crippen LogP contribution in [0, 0.1) is 5.92 Å². The first-order valence-corrected chi connectivity index (χ1v) is 8.01. The second kappa shape index (κ2) is 6.15. The summed E-state index contributed by atoms with van der Waals surface area (Å²) in [7, 11) is 0. The maximum atomic E-state index is 12.6. The average molecular weight is 327 g/mol. The number of hydrogen-bond donors (Lipinski definition) is 1. The van der Waals surface area contributed by atoms with Gasteiger partial charge in [-0.25, -0.2) is 0 Å². The Bertz CT molecular complexity index is 570. The predicted octanol–water partition coefficient (Wildman–Crippen LogP) is 3.92. The normalized spacial score (nSPS) is 28.6. The Morgan fingerprint density at radius 3 is 2.43 bits per heavy atom. The fraction of sp³-hybridized carbons (Fsp3) is 0.588. The van der Waals surface area contributed by atoms with Gasteiger partial charge in [-0.1, -0.05) is 25.0 Å². The van der Waals surface area contributed by atoms with E-state index in [9.17, 15) is 23.1 Å². The van der Waals surface area contributed by atoms with Crippen LogP contribution in [0.5, 0.6) is 0 Å². The summed E-state index contributed by atoms with van der Waals surface area (Å²) in [6.07, 6.45) is 0.580. The van der Waals surface area contributed by atoms with Gasteiger partial charge in [0.05, 0.1) is 5.56 Å². The van der Waals surface area contributed by atoms with Crippen LogP contribution in [0.4, 0.5) is 13.2 Å². The molecule has 2 fully saturated rings. The van der Waals surface area contributed by atoms with Crippen LogP contribution in [0.15, 0.2) is 24.3 Å². The number of carboxylic acid groups (broad SMARTS) is 1. The zero-order valence-electron chi connectivity index (χ0n) is 12.7. The van der Waals surface area contributed by atoms with Crippen molar-refractivity contribution in [2.45, 2.75) is 56.9 Å². The molecule has 3 unspecified atom stereocenters. The first kappa shape index (κ1) is 16.3. The second-order valence-corrected chi connectivity index (χ2v) is 6.57. The maximum Gasteiger partial charge on any atom is 0.416 e. The van der Waals surface area contributed by atoms with Crippen molar-refractivity contribution in [2.75, 3.05) is 0 Å². The Hall–Kier alpha value is -1.56. The van der Waals surface area contributed by atoms with Crippen molar-refractivity contribution in [3.63, 3.8) is 0 Å². The molecule has 1 aromatic rings. The first-order valence-electron chi connectivity index (χ1n) is 8.01. The number of likely N-dealkylation sites (tertiary alicyclic amines) is 1. The van der Waals surface area contributed by atoms with Crippen molar-refractivity contribution in [1.29, 1.82) is 0 Å². The number of benzene rings is 1. The molecular formula is C17H20F3NO2. The van der Waals surface area contributed by atoms with Gasteiger partial charge >= 0.3 is 12.1 Å². The minimum absolute atomic E-state index is 0.243. The van der Waals surface area contributed by atoms with E-state index >= 15 is 0 Å². The van der Waals surface area contributed by atoms with Gasteiger partial charge in [-0.3, -0.25) is 9.69 Å². The number of fused-ring (bicyclic) bond motifs is 1. The van der Waals surface area contributed by atoms with Gasteiger partial charge in [0.2, 0.25) is 0 Å². The van der Waals surface area contributed by atoms with Crippen molar-refractivity contribution >= 4 is 5.97 Å². The number of carbonyl (C=O) groups is 1. The highest BCUT2D eigenvalue weighted by Crippen LogP contribution is 2.40. The van der Waals surface area contributed by atoms with Crippen molar-refractivity contribution in [3.8, 4) is 0 Å². The largest absolute Gasteiger partial charge is 0.480 e. The minimum atomic E-state index is -4.34. The molecule has 0 aromatic heterocycles. The Morgan fingerprint density at radius 1 is 1.17 bits per heavy atom. The van der Waals surface area contributed by atoms with Crippen LogP contribution >= 0.6 is 0 Å². The minimum Gasteiger partial charge on any atom is -0.480 e. The fourth-order valence-corrected chi connectivity index (χ4v) is 4.03. The summed E-state index contributed by atoms with van der Waals surface area (Å²) in [5.74, 6) is -0.425. The molecule has 1 N–H and O–H groups in total. The average Bonchev–Trinajstić information content (AvgIpc) is 2.86. The molecular weight excluding hydrogens is 307 g/mol. The Balaban J connectivity index is 1.77. The molecule has 3 nitrogen and oxygen atoms in total. The van der Waals surface area contributed by atoms with Crippen LogP contribution < -0.4 is 0 Å². The summed E-state index contributed by atoms with van der Waals surface area (Å²) in [6, 6.07) is 4.77. The van der Waals surface area contributed by atoms with E-state index in [1.807, 2.05) is 4.90 Å². The predicted molar refractivity (Wildman–Crippen MR) is 78.8 cm³/mol. The van der Waals surface area contributed by atoms with Gasteiger partial charge < -0.3 is 5.11 Å². The lowest BCUT2D eigenvalue weighted by Crippen LogP contribution is -2.41. The number of hydrogen-bond acceptors (Lipinski definition) is 2. The zero-order chi connectivity index (χ0) is 16.6. The molecule has 126 valence electrons. The van der Waals surface area contributed by atoms with Gasteiger partial charge in [0.1, 0.15) is 6.04 Å². The van der Waals surface area contributed by atoms with Crippen LogP contribution in [0.2, 0.25) is 0 Å². The molecule has 0 bridgehead atoms. The van der Waals surface area contributed by atoms with Crippen LogP contribution in [-0.2, 0) is 17.5 Å². The number of alkyl halides is 3. The number of carboxylic acids is 1. The Labute approximate surface area is 133 Å². The highest BCUT2D eigenvalue weighted by molar-refractivity contribution is 5.74. The molecule has 1 aromatic carbocycles. The van der Waals surface area contributed by atoms with Crippen molar-refractivity contribution in [1.82, 2.24) is 4.90 Å². The third kappa shape index (κ3) is 3.37. The number of halogens is 3. The van der Waals surface area contributed by atoms with Crippen molar-refractivity contribution in [3.05, 3.63) is 35.4 Å². The summed E-state index contributed by atoms with van der Waals surface area (Å²) >= 11 is 0. The van der Waals surface area contributed by atoms with E-state index in [0.717, 1.165) is 43.4 Å². The molecule has 6 heteroatoms. The third-order valence-corrected chi connectivity index (χ3v) is 5.15. The highest BCUT2D eigenvalue weighted by Gasteiger charge is 2.45. The monoisotopic (exact) mass is 327 g/mol. The fourth-order valence-electron chi connectivity index (χ4n) is 4.03. The molecule has 3 rings (SSSR count). The molecule has 3 atom stereocenters. The van der Waals surface area contributed by atoms with E-state index in [4.69, 9.17) is 0 Å². The number of aliphatic carboxylic acids is 1. The molecule has 1 saturated carbocycles. The second-order valence-electron chi connectivity index (χ2n) is 6.57. The summed E-state index contributed by atoms with van der Waals surface area (Å²) in [5.41, 5.74) is 0.0588. The molecule has 1 heterocycles. The van der Waals surface area contributed by atoms with Crippen molar-refractivity contribution < 1.29 is 23.1 Å². The van der Waals surface area contributed by atoms with Crippen LogP contribution in [0.3, 0.4) is 0 Å². The maximum absolute atomic E-state index is 12.6. The quantitative estimate of drug-likeness (QED) is 0.915. The molecule has 0 amide bonds. The van der Waals surface area contributed by atoms with Crippen LogP contribution in [-0.4, -0.2) is 28.1 Å². The topological polar surface area (TPSA) is 40.5 Å². The summed E-state index contributed by atoms with van der Waals surface area (Å²) in [5, 5.41) is 9.47. The van der Waals surface area contributed by atoms with E-state index in [1.54, 1.807) is 0 Å². The SMILES string of the molecule is O=C(O)C1CC2CCCCC2N1Cc1ccc(C(F)(F)F)cc1. The number of rotatable bonds is 3. The molecule has 23 heavy (non-hydrogen) atoms. The van der Waals surface area contributed by atoms with Crippen LogP contribution in [0.25, 0.3) is 0 Å². The van der Waals surface area contributed by atoms with Gasteiger partial charge in [-0.15, -0.1) is 0 Å². The zero-order valence-corrected chi connectivity index (χ0v) is 12.7. The molecule has 0 spiro atoms. The molecule has 2 aliphatic rings. The summed E-state index contributed by atoms with van der Waals surface area (Å²) in [4.78, 5) is 13.5.